The van der Waals surface area contributed by atoms with Gasteiger partial charge in [-0.15, -0.1) is 0 Å². The van der Waals surface area contributed by atoms with Gasteiger partial charge in [0.05, 0.1) is 6.07 Å². The summed E-state index contributed by atoms with van der Waals surface area (Å²) >= 11 is 0. The van der Waals surface area contributed by atoms with Crippen LogP contribution in [0.5, 0.6) is 0 Å². The second-order valence-corrected chi connectivity index (χ2v) is 8.57. The molecule has 1 aliphatic carbocycles. The maximum atomic E-state index is 12.7. The molecule has 3 rings (SSSR count). The Morgan fingerprint density at radius 2 is 1.63 bits per heavy atom. The number of carboxylic acids is 1. The number of nitrogens with zero attached hydrogens (tertiary/aromatic N) is 1. The predicted octanol–water partition coefficient (Wildman–Crippen LogP) is 4.35. The summed E-state index contributed by atoms with van der Waals surface area (Å²) in [7, 11) is 0. The highest BCUT2D eigenvalue weighted by molar-refractivity contribution is 5.85. The highest BCUT2D eigenvalue weighted by Gasteiger charge is 2.29. The number of nitrogens with one attached hydrogen (secondary N) is 2. The molecule has 35 heavy (non-hydrogen) atoms. The van der Waals surface area contributed by atoms with E-state index in [1.54, 1.807) is 0 Å². The Balaban J connectivity index is 1.56. The lowest BCUT2D eigenvalue weighted by Gasteiger charge is -2.20. The molecule has 0 aliphatic heterocycles. The summed E-state index contributed by atoms with van der Waals surface area (Å²) in [5.41, 5.74) is 4.48. The smallest absolute Gasteiger partial charge is 0.407 e. The van der Waals surface area contributed by atoms with Crippen LogP contribution in [0.4, 0.5) is 4.79 Å². The minimum absolute atomic E-state index is 0.0471. The summed E-state index contributed by atoms with van der Waals surface area (Å²) in [5, 5.41) is 22.9. The van der Waals surface area contributed by atoms with E-state index in [-0.39, 0.29) is 24.9 Å². The van der Waals surface area contributed by atoms with Gasteiger partial charge in [0.15, 0.2) is 0 Å². The van der Waals surface area contributed by atoms with Crippen molar-refractivity contribution in [3.63, 3.8) is 0 Å². The fraction of sp³-hybridized carbons (Fsp3) is 0.407. The second-order valence-electron chi connectivity index (χ2n) is 8.57. The number of carbonyl (C=O) groups is 3. The van der Waals surface area contributed by atoms with Crippen molar-refractivity contribution in [1.82, 2.24) is 10.6 Å². The van der Waals surface area contributed by atoms with E-state index in [4.69, 9.17) is 15.1 Å². The van der Waals surface area contributed by atoms with Crippen LogP contribution in [0, 0.1) is 11.3 Å². The van der Waals surface area contributed by atoms with Crippen molar-refractivity contribution in [2.75, 3.05) is 13.2 Å². The number of rotatable bonds is 13. The summed E-state index contributed by atoms with van der Waals surface area (Å²) in [6, 6.07) is 17.4. The average molecular weight is 478 g/mol. The van der Waals surface area contributed by atoms with Crippen LogP contribution >= 0.6 is 0 Å². The maximum absolute atomic E-state index is 12.7. The van der Waals surface area contributed by atoms with Gasteiger partial charge in [-0.3, -0.25) is 9.59 Å². The van der Waals surface area contributed by atoms with E-state index in [0.717, 1.165) is 22.3 Å². The summed E-state index contributed by atoms with van der Waals surface area (Å²) in [6.07, 6.45) is 2.37. The van der Waals surface area contributed by atoms with E-state index in [1.807, 2.05) is 36.4 Å². The molecule has 2 amide bonds. The Labute approximate surface area is 205 Å². The molecule has 0 bridgehead atoms. The minimum Gasteiger partial charge on any atom is -0.481 e. The number of alkyl carbamates (subject to hydrolysis) is 1. The molecular weight excluding hydrogens is 446 g/mol. The molecule has 0 radical (unpaired) electrons. The molecule has 0 heterocycles. The quantitative estimate of drug-likeness (QED) is 0.368. The van der Waals surface area contributed by atoms with Gasteiger partial charge in [-0.1, -0.05) is 48.5 Å². The number of carboxylic acid groups (broad SMARTS) is 1. The average Bonchev–Trinajstić information content (AvgIpc) is 3.18. The molecule has 0 saturated heterocycles. The molecule has 8 nitrogen and oxygen atoms in total. The molecule has 1 atom stereocenters. The SMILES string of the molecule is N#CCCCCC(NC(=O)OCC1c2ccccc2-c2ccccc21)C(=O)NCCCCC(=O)O. The number of hydrogen-bond donors (Lipinski definition) is 3. The molecule has 2 aromatic rings. The first-order valence-electron chi connectivity index (χ1n) is 12.0. The highest BCUT2D eigenvalue weighted by atomic mass is 16.5. The standard InChI is InChI=1S/C27H31N3O5/c28-16-8-1-2-14-24(26(33)29-17-9-7-15-25(31)32)30-27(34)35-18-23-21-12-5-3-10-19(21)20-11-4-6-13-22(20)23/h3-6,10-13,23-24H,1-2,7-9,14-15,17-18H2,(H,29,33)(H,30,34)(H,31,32). The zero-order chi connectivity index (χ0) is 25.0. The maximum Gasteiger partial charge on any atom is 0.407 e. The fourth-order valence-electron chi connectivity index (χ4n) is 4.34. The van der Waals surface area contributed by atoms with Crippen molar-refractivity contribution in [3.05, 3.63) is 59.7 Å². The number of benzene rings is 2. The lowest BCUT2D eigenvalue weighted by molar-refractivity contribution is -0.137. The van der Waals surface area contributed by atoms with Gasteiger partial charge in [0.1, 0.15) is 12.6 Å². The van der Waals surface area contributed by atoms with Crippen LogP contribution in [0.15, 0.2) is 48.5 Å². The fourth-order valence-corrected chi connectivity index (χ4v) is 4.34. The van der Waals surface area contributed by atoms with Gasteiger partial charge in [-0.05, 0) is 54.4 Å². The Bertz CT molecular complexity index is 1030. The Kier molecular flexibility index (Phi) is 9.67. The third-order valence-electron chi connectivity index (χ3n) is 6.10. The highest BCUT2D eigenvalue weighted by Crippen LogP contribution is 2.44. The van der Waals surface area contributed by atoms with Crippen LogP contribution < -0.4 is 10.6 Å². The van der Waals surface area contributed by atoms with Crippen LogP contribution in [-0.2, 0) is 14.3 Å². The van der Waals surface area contributed by atoms with Gasteiger partial charge in [0, 0.05) is 25.3 Å². The third-order valence-corrected chi connectivity index (χ3v) is 6.10. The molecule has 0 fully saturated rings. The number of ether oxygens (including phenoxy) is 1. The van der Waals surface area contributed by atoms with Gasteiger partial charge in [-0.25, -0.2) is 4.79 Å². The zero-order valence-electron chi connectivity index (χ0n) is 19.7. The van der Waals surface area contributed by atoms with Crippen LogP contribution in [0.25, 0.3) is 11.1 Å². The van der Waals surface area contributed by atoms with E-state index in [0.29, 0.717) is 45.1 Å². The molecule has 184 valence electrons. The van der Waals surface area contributed by atoms with Gasteiger partial charge in [-0.2, -0.15) is 5.26 Å². The largest absolute Gasteiger partial charge is 0.481 e. The van der Waals surface area contributed by atoms with Gasteiger partial charge in [0.25, 0.3) is 0 Å². The van der Waals surface area contributed by atoms with Crippen LogP contribution in [0.2, 0.25) is 0 Å². The van der Waals surface area contributed by atoms with Gasteiger partial charge in [0.2, 0.25) is 5.91 Å². The summed E-state index contributed by atoms with van der Waals surface area (Å²) in [4.78, 5) is 35.9. The first kappa shape index (κ1) is 25.8. The summed E-state index contributed by atoms with van der Waals surface area (Å²) in [5.74, 6) is -1.29. The lowest BCUT2D eigenvalue weighted by atomic mass is 9.98. The minimum atomic E-state index is -0.872. The monoisotopic (exact) mass is 477 g/mol. The topological polar surface area (TPSA) is 129 Å². The van der Waals surface area contributed by atoms with Crippen LogP contribution in [0.1, 0.15) is 62.0 Å². The van der Waals surface area contributed by atoms with Crippen molar-refractivity contribution in [3.8, 4) is 17.2 Å². The van der Waals surface area contributed by atoms with Crippen molar-refractivity contribution in [2.24, 2.45) is 0 Å². The number of unbranched alkanes of at least 4 members (excludes halogenated alkanes) is 3. The van der Waals surface area contributed by atoms with Gasteiger partial charge < -0.3 is 20.5 Å². The Hall–Kier alpha value is -3.86. The third kappa shape index (κ3) is 7.31. The van der Waals surface area contributed by atoms with Gasteiger partial charge >= 0.3 is 12.1 Å². The summed E-state index contributed by atoms with van der Waals surface area (Å²) < 4.78 is 5.57. The van der Waals surface area contributed by atoms with E-state index in [9.17, 15) is 14.4 Å². The van der Waals surface area contributed by atoms with Crippen molar-refractivity contribution >= 4 is 18.0 Å². The molecule has 1 unspecified atom stereocenters. The number of amides is 2. The van der Waals surface area contributed by atoms with Crippen LogP contribution in [0.3, 0.4) is 0 Å². The second kappa shape index (κ2) is 13.1. The van der Waals surface area contributed by atoms with E-state index >= 15 is 0 Å². The lowest BCUT2D eigenvalue weighted by Crippen LogP contribution is -2.47. The number of nitriles is 1. The molecular formula is C27H31N3O5. The van der Waals surface area contributed by atoms with E-state index in [2.05, 4.69) is 28.8 Å². The first-order chi connectivity index (χ1) is 17.0. The van der Waals surface area contributed by atoms with Crippen molar-refractivity contribution in [2.45, 2.75) is 56.9 Å². The molecule has 2 aromatic carbocycles. The number of aliphatic carboxylic acids is 1. The Morgan fingerprint density at radius 3 is 2.26 bits per heavy atom. The number of hydrogen-bond acceptors (Lipinski definition) is 5. The van der Waals surface area contributed by atoms with E-state index < -0.39 is 18.1 Å². The number of carbonyl (C=O) groups excluding carboxylic acids is 2. The predicted molar refractivity (Wildman–Crippen MR) is 131 cm³/mol. The summed E-state index contributed by atoms with van der Waals surface area (Å²) in [6.45, 7) is 0.477. The molecule has 1 aliphatic rings. The van der Waals surface area contributed by atoms with Crippen LogP contribution in [-0.4, -0.2) is 42.3 Å². The number of fused-ring (bicyclic) bond motifs is 3. The molecule has 0 saturated carbocycles. The molecule has 8 heteroatoms. The zero-order valence-corrected chi connectivity index (χ0v) is 19.7. The van der Waals surface area contributed by atoms with E-state index in [1.165, 1.54) is 0 Å². The van der Waals surface area contributed by atoms with Crippen molar-refractivity contribution < 1.29 is 24.2 Å². The molecule has 0 aromatic heterocycles. The van der Waals surface area contributed by atoms with Crippen molar-refractivity contribution in [1.29, 1.82) is 5.26 Å². The first-order valence-corrected chi connectivity index (χ1v) is 12.0. The Morgan fingerprint density at radius 1 is 0.971 bits per heavy atom. The normalized spacial score (nSPS) is 12.7. The molecule has 0 spiro atoms. The molecule has 3 N–H and O–H groups in total.